The molecule has 0 aliphatic rings. The number of nitrogens with zero attached hydrogens (tertiary/aromatic N) is 1. The van der Waals surface area contributed by atoms with E-state index in [2.05, 4.69) is 5.32 Å². The van der Waals surface area contributed by atoms with Crippen LogP contribution in [0.25, 0.3) is 0 Å². The fourth-order valence-electron chi connectivity index (χ4n) is 2.79. The quantitative estimate of drug-likeness (QED) is 0.670. The first-order chi connectivity index (χ1) is 13.2. The lowest BCUT2D eigenvalue weighted by Gasteiger charge is -2.25. The summed E-state index contributed by atoms with van der Waals surface area (Å²) in [6, 6.07) is 14.5. The minimum Gasteiger partial charge on any atom is -0.495 e. The fraction of sp³-hybridized carbons (Fsp3) is 0.350. The van der Waals surface area contributed by atoms with Gasteiger partial charge in [0.25, 0.3) is 0 Å². The van der Waals surface area contributed by atoms with E-state index >= 15 is 0 Å². The molecule has 0 saturated heterocycles. The van der Waals surface area contributed by atoms with Crippen LogP contribution in [-0.4, -0.2) is 40.3 Å². The molecule has 2 rings (SSSR count). The van der Waals surface area contributed by atoms with E-state index in [9.17, 15) is 13.2 Å². The van der Waals surface area contributed by atoms with Gasteiger partial charge in [0.15, 0.2) is 0 Å². The van der Waals surface area contributed by atoms with Crippen molar-refractivity contribution >= 4 is 33.2 Å². The smallest absolute Gasteiger partial charge is 0.240 e. The van der Waals surface area contributed by atoms with E-state index < -0.39 is 15.9 Å². The molecule has 0 aliphatic heterocycles. The van der Waals surface area contributed by atoms with Crippen molar-refractivity contribution < 1.29 is 17.9 Å². The highest BCUT2D eigenvalue weighted by Crippen LogP contribution is 2.32. The van der Waals surface area contributed by atoms with Gasteiger partial charge in [-0.3, -0.25) is 9.10 Å². The summed E-state index contributed by atoms with van der Waals surface area (Å²) < 4.78 is 30.8. The second kappa shape index (κ2) is 9.80. The summed E-state index contributed by atoms with van der Waals surface area (Å²) in [5.41, 5.74) is 1.41. The Morgan fingerprint density at radius 1 is 1.21 bits per heavy atom. The van der Waals surface area contributed by atoms with Crippen LogP contribution < -0.4 is 14.4 Å². The van der Waals surface area contributed by atoms with Crippen LogP contribution in [0.3, 0.4) is 0 Å². The molecule has 28 heavy (non-hydrogen) atoms. The molecule has 0 radical (unpaired) electrons. The van der Waals surface area contributed by atoms with E-state index in [1.165, 1.54) is 18.7 Å². The number of hydrogen-bond acceptors (Lipinski definition) is 4. The largest absolute Gasteiger partial charge is 0.495 e. The van der Waals surface area contributed by atoms with Gasteiger partial charge in [0.05, 0.1) is 19.1 Å². The van der Waals surface area contributed by atoms with Crippen LogP contribution in [0.1, 0.15) is 18.9 Å². The molecule has 0 heterocycles. The van der Waals surface area contributed by atoms with Crippen molar-refractivity contribution in [1.82, 2.24) is 5.32 Å². The number of nitrogens with one attached hydrogen (secondary N) is 1. The number of methoxy groups -OCH3 is 1. The molecule has 1 amide bonds. The average Bonchev–Trinajstić information content (AvgIpc) is 2.64. The van der Waals surface area contributed by atoms with E-state index in [0.29, 0.717) is 10.8 Å². The summed E-state index contributed by atoms with van der Waals surface area (Å²) in [6.07, 6.45) is 2.61. The highest BCUT2D eigenvalue weighted by molar-refractivity contribution is 7.92. The predicted octanol–water partition coefficient (Wildman–Crippen LogP) is 3.25. The van der Waals surface area contributed by atoms with E-state index in [1.807, 2.05) is 37.3 Å². The first kappa shape index (κ1) is 22.0. The van der Waals surface area contributed by atoms with Crippen molar-refractivity contribution in [2.45, 2.75) is 25.8 Å². The lowest BCUT2D eigenvalue weighted by molar-refractivity contribution is -0.120. The van der Waals surface area contributed by atoms with E-state index in [-0.39, 0.29) is 18.3 Å². The predicted molar refractivity (Wildman–Crippen MR) is 113 cm³/mol. The van der Waals surface area contributed by atoms with Gasteiger partial charge in [-0.05, 0) is 43.5 Å². The van der Waals surface area contributed by atoms with Gasteiger partial charge in [-0.15, -0.1) is 0 Å². The Balaban J connectivity index is 2.06. The van der Waals surface area contributed by atoms with E-state index in [4.69, 9.17) is 16.3 Å². The number of benzene rings is 2. The summed E-state index contributed by atoms with van der Waals surface area (Å²) in [5, 5.41) is 3.20. The molecule has 0 unspecified atom stereocenters. The lowest BCUT2D eigenvalue weighted by atomic mass is 10.1. The van der Waals surface area contributed by atoms with Gasteiger partial charge < -0.3 is 10.1 Å². The van der Waals surface area contributed by atoms with Gasteiger partial charge in [0.1, 0.15) is 12.3 Å². The van der Waals surface area contributed by atoms with E-state index in [0.717, 1.165) is 23.4 Å². The number of halogens is 1. The fourth-order valence-corrected chi connectivity index (χ4v) is 3.81. The summed E-state index contributed by atoms with van der Waals surface area (Å²) in [4.78, 5) is 12.5. The molecule has 0 bridgehead atoms. The zero-order valence-corrected chi connectivity index (χ0v) is 17.8. The molecule has 0 spiro atoms. The van der Waals surface area contributed by atoms with Gasteiger partial charge in [0.2, 0.25) is 15.9 Å². The summed E-state index contributed by atoms with van der Waals surface area (Å²) in [5.74, 6) is -0.0761. The zero-order chi connectivity index (χ0) is 20.7. The third-order valence-electron chi connectivity index (χ3n) is 4.21. The summed E-state index contributed by atoms with van der Waals surface area (Å²) in [7, 11) is -2.29. The van der Waals surface area contributed by atoms with Crippen molar-refractivity contribution in [2.75, 3.05) is 24.2 Å². The van der Waals surface area contributed by atoms with Crippen molar-refractivity contribution in [3.63, 3.8) is 0 Å². The second-order valence-electron chi connectivity index (χ2n) is 6.58. The monoisotopic (exact) mass is 424 g/mol. The van der Waals surface area contributed by atoms with Crippen LogP contribution in [0, 0.1) is 0 Å². The van der Waals surface area contributed by atoms with Crippen LogP contribution in [0.2, 0.25) is 5.02 Å². The molecule has 1 atom stereocenters. The normalized spacial score (nSPS) is 12.3. The standard InChI is InChI=1S/C20H25ClN2O4S/c1-15(9-10-16-7-5-4-6-8-16)22-20(24)14-23(28(3,25)26)18-13-17(21)11-12-19(18)27-2/h4-8,11-13,15H,9-10,14H2,1-3H3,(H,22,24)/t15-/m1/s1. The maximum atomic E-state index is 12.5. The summed E-state index contributed by atoms with van der Waals surface area (Å²) in [6.45, 7) is 1.54. The number of carbonyl (C=O) groups is 1. The van der Waals surface area contributed by atoms with Crippen molar-refractivity contribution in [3.8, 4) is 5.75 Å². The van der Waals surface area contributed by atoms with Crippen molar-refractivity contribution in [1.29, 1.82) is 0 Å². The molecule has 2 aromatic rings. The van der Waals surface area contributed by atoms with Crippen LogP contribution in [-0.2, 0) is 21.2 Å². The Kier molecular flexibility index (Phi) is 7.71. The topological polar surface area (TPSA) is 75.7 Å². The second-order valence-corrected chi connectivity index (χ2v) is 8.92. The number of carbonyl (C=O) groups excluding carboxylic acids is 1. The first-order valence-electron chi connectivity index (χ1n) is 8.85. The molecule has 0 fully saturated rings. The number of aryl methyl sites for hydroxylation is 1. The van der Waals surface area contributed by atoms with Gasteiger partial charge in [0, 0.05) is 11.1 Å². The Bertz CT molecular complexity index is 904. The Morgan fingerprint density at radius 3 is 2.50 bits per heavy atom. The minimum atomic E-state index is -3.72. The van der Waals surface area contributed by atoms with Crippen LogP contribution in [0.15, 0.2) is 48.5 Å². The molecule has 6 nitrogen and oxygen atoms in total. The molecular formula is C20H25ClN2O4S. The number of anilines is 1. The maximum Gasteiger partial charge on any atom is 0.240 e. The minimum absolute atomic E-state index is 0.102. The van der Waals surface area contributed by atoms with Gasteiger partial charge in [-0.1, -0.05) is 41.9 Å². The van der Waals surface area contributed by atoms with Crippen molar-refractivity contribution in [3.05, 3.63) is 59.1 Å². The summed E-state index contributed by atoms with van der Waals surface area (Å²) >= 11 is 6.01. The van der Waals surface area contributed by atoms with Gasteiger partial charge in [-0.2, -0.15) is 0 Å². The molecule has 0 aliphatic carbocycles. The molecule has 2 aromatic carbocycles. The SMILES string of the molecule is COc1ccc(Cl)cc1N(CC(=O)N[C@H](C)CCc1ccccc1)S(C)(=O)=O. The molecule has 8 heteroatoms. The highest BCUT2D eigenvalue weighted by Gasteiger charge is 2.24. The molecule has 0 saturated carbocycles. The molecular weight excluding hydrogens is 400 g/mol. The van der Waals surface area contributed by atoms with Gasteiger partial charge >= 0.3 is 0 Å². The van der Waals surface area contributed by atoms with Gasteiger partial charge in [-0.25, -0.2) is 8.42 Å². The molecule has 152 valence electrons. The number of sulfonamides is 1. The Labute approximate surface area is 171 Å². The number of rotatable bonds is 9. The lowest BCUT2D eigenvalue weighted by Crippen LogP contribution is -2.43. The Morgan fingerprint density at radius 2 is 1.89 bits per heavy atom. The van der Waals surface area contributed by atoms with Crippen LogP contribution in [0.5, 0.6) is 5.75 Å². The first-order valence-corrected chi connectivity index (χ1v) is 11.1. The molecule has 1 N–H and O–H groups in total. The van der Waals surface area contributed by atoms with E-state index in [1.54, 1.807) is 12.1 Å². The zero-order valence-electron chi connectivity index (χ0n) is 16.2. The average molecular weight is 425 g/mol. The van der Waals surface area contributed by atoms with Crippen LogP contribution in [0.4, 0.5) is 5.69 Å². The van der Waals surface area contributed by atoms with Crippen molar-refractivity contribution in [2.24, 2.45) is 0 Å². The Hall–Kier alpha value is -2.25. The third-order valence-corrected chi connectivity index (χ3v) is 5.57. The van der Waals surface area contributed by atoms with Crippen LogP contribution >= 0.6 is 11.6 Å². The maximum absolute atomic E-state index is 12.5. The highest BCUT2D eigenvalue weighted by atomic mass is 35.5. The molecule has 0 aromatic heterocycles. The number of amides is 1. The number of ether oxygens (including phenoxy) is 1. The number of hydrogen-bond donors (Lipinski definition) is 1. The third kappa shape index (κ3) is 6.42.